The van der Waals surface area contributed by atoms with Gasteiger partial charge in [-0.1, -0.05) is 18.2 Å². The lowest BCUT2D eigenvalue weighted by Gasteiger charge is -2.20. The van der Waals surface area contributed by atoms with E-state index in [1.54, 1.807) is 24.1 Å². The highest BCUT2D eigenvalue weighted by Gasteiger charge is 2.28. The van der Waals surface area contributed by atoms with Crippen LogP contribution >= 0.6 is 11.9 Å². The highest BCUT2D eigenvalue weighted by molar-refractivity contribution is 7.98. The van der Waals surface area contributed by atoms with Gasteiger partial charge in [0, 0.05) is 23.5 Å². The molecule has 2 heterocycles. The molecule has 2 aromatic rings. The molecule has 0 atom stereocenters. The molecule has 0 saturated heterocycles. The summed E-state index contributed by atoms with van der Waals surface area (Å²) in [7, 11) is 1.39. The smallest absolute Gasteiger partial charge is 0.337 e. The first kappa shape index (κ1) is 14.3. The van der Waals surface area contributed by atoms with Gasteiger partial charge in [0.25, 0.3) is 0 Å². The second-order valence-corrected chi connectivity index (χ2v) is 6.60. The highest BCUT2D eigenvalue weighted by atomic mass is 32.2. The number of carbonyl (C=O) groups is 1. The lowest BCUT2D eigenvalue weighted by atomic mass is 10.0. The highest BCUT2D eigenvalue weighted by Crippen LogP contribution is 2.39. The first-order chi connectivity index (χ1) is 11.3. The molecule has 0 amide bonds. The summed E-state index contributed by atoms with van der Waals surface area (Å²) in [5, 5.41) is 0. The summed E-state index contributed by atoms with van der Waals surface area (Å²) < 4.78 is 7.01. The van der Waals surface area contributed by atoms with Crippen LogP contribution in [-0.2, 0) is 4.74 Å². The van der Waals surface area contributed by atoms with Crippen LogP contribution in [0.15, 0.2) is 52.4 Å². The van der Waals surface area contributed by atoms with E-state index in [1.807, 2.05) is 12.1 Å². The van der Waals surface area contributed by atoms with Crippen LogP contribution in [0.4, 0.5) is 0 Å². The van der Waals surface area contributed by atoms with Gasteiger partial charge in [-0.05, 0) is 53.8 Å². The lowest BCUT2D eigenvalue weighted by Crippen LogP contribution is -2.26. The number of benzene rings is 2. The predicted molar refractivity (Wildman–Crippen MR) is 91.8 cm³/mol. The fraction of sp³-hybridized carbons (Fsp3) is 0.222. The number of aliphatic imine (C=N–C) groups is 1. The molecular formula is C18H16N2O2S. The number of methoxy groups -OCH3 is 1. The molecule has 0 unspecified atom stereocenters. The van der Waals surface area contributed by atoms with Crippen LogP contribution in [0.1, 0.15) is 22.3 Å². The number of carbonyl (C=O) groups excluding carboxylic acids is 1. The van der Waals surface area contributed by atoms with E-state index < -0.39 is 0 Å². The van der Waals surface area contributed by atoms with E-state index in [1.165, 1.54) is 17.6 Å². The van der Waals surface area contributed by atoms with Crippen molar-refractivity contribution in [3.63, 3.8) is 0 Å². The van der Waals surface area contributed by atoms with E-state index >= 15 is 0 Å². The van der Waals surface area contributed by atoms with E-state index in [0.29, 0.717) is 5.56 Å². The van der Waals surface area contributed by atoms with Crippen molar-refractivity contribution >= 4 is 23.8 Å². The van der Waals surface area contributed by atoms with Crippen LogP contribution in [0.3, 0.4) is 0 Å². The Morgan fingerprint density at radius 3 is 2.74 bits per heavy atom. The average Bonchev–Trinajstić information content (AvgIpc) is 2.99. The number of esters is 1. The molecule has 116 valence electrons. The Kier molecular flexibility index (Phi) is 3.58. The van der Waals surface area contributed by atoms with Crippen LogP contribution in [-0.4, -0.2) is 36.3 Å². The molecule has 23 heavy (non-hydrogen) atoms. The zero-order valence-electron chi connectivity index (χ0n) is 12.8. The molecule has 2 aliphatic heterocycles. The summed E-state index contributed by atoms with van der Waals surface area (Å²) >= 11 is 1.77. The SMILES string of the molecule is COC(=O)c1ccc(-c2ccc3c(c2)SN2CCCN=C32)cc1. The maximum atomic E-state index is 11.5. The molecule has 0 aliphatic carbocycles. The lowest BCUT2D eigenvalue weighted by molar-refractivity contribution is 0.0601. The van der Waals surface area contributed by atoms with Crippen molar-refractivity contribution in [2.45, 2.75) is 11.3 Å². The summed E-state index contributed by atoms with van der Waals surface area (Å²) in [6.07, 6.45) is 1.12. The Balaban J connectivity index is 1.66. The molecule has 0 fully saturated rings. The molecule has 0 N–H and O–H groups in total. The Labute approximate surface area is 139 Å². The zero-order chi connectivity index (χ0) is 15.8. The van der Waals surface area contributed by atoms with E-state index in [2.05, 4.69) is 27.5 Å². The number of hydrogen-bond acceptors (Lipinski definition) is 5. The summed E-state index contributed by atoms with van der Waals surface area (Å²) in [5.74, 6) is 0.805. The maximum Gasteiger partial charge on any atom is 0.337 e. The van der Waals surface area contributed by atoms with E-state index in [4.69, 9.17) is 4.74 Å². The topological polar surface area (TPSA) is 41.9 Å². The van der Waals surface area contributed by atoms with Crippen LogP contribution in [0, 0.1) is 0 Å². The molecular weight excluding hydrogens is 308 g/mol. The molecule has 0 radical (unpaired) electrons. The van der Waals surface area contributed by atoms with Crippen LogP contribution in [0.25, 0.3) is 11.1 Å². The number of hydrogen-bond donors (Lipinski definition) is 0. The molecule has 2 aliphatic rings. The largest absolute Gasteiger partial charge is 0.465 e. The van der Waals surface area contributed by atoms with Gasteiger partial charge in [0.2, 0.25) is 0 Å². The maximum absolute atomic E-state index is 11.5. The third-order valence-corrected chi connectivity index (χ3v) is 5.20. The van der Waals surface area contributed by atoms with E-state index in [0.717, 1.165) is 36.5 Å². The summed E-state index contributed by atoms with van der Waals surface area (Å²) in [6, 6.07) is 14.0. The van der Waals surface area contributed by atoms with Crippen molar-refractivity contribution in [2.24, 2.45) is 4.99 Å². The van der Waals surface area contributed by atoms with Crippen molar-refractivity contribution < 1.29 is 9.53 Å². The number of amidine groups is 1. The Bertz CT molecular complexity index is 799. The van der Waals surface area contributed by atoms with Gasteiger partial charge < -0.3 is 4.74 Å². The van der Waals surface area contributed by atoms with Crippen molar-refractivity contribution in [1.29, 1.82) is 0 Å². The van der Waals surface area contributed by atoms with Gasteiger partial charge in [-0.2, -0.15) is 0 Å². The standard InChI is InChI=1S/C18H16N2O2S/c1-22-18(21)13-5-3-12(4-6-13)14-7-8-15-16(11-14)23-20-10-2-9-19-17(15)20/h3-8,11H,2,9-10H2,1H3. The third-order valence-electron chi connectivity index (χ3n) is 4.09. The first-order valence-corrected chi connectivity index (χ1v) is 8.37. The molecule has 4 nitrogen and oxygen atoms in total. The number of nitrogens with zero attached hydrogens (tertiary/aromatic N) is 2. The van der Waals surface area contributed by atoms with Crippen LogP contribution in [0.5, 0.6) is 0 Å². The van der Waals surface area contributed by atoms with Gasteiger partial charge in [0.05, 0.1) is 12.7 Å². The second-order valence-electron chi connectivity index (χ2n) is 5.53. The van der Waals surface area contributed by atoms with Crippen molar-refractivity contribution in [2.75, 3.05) is 20.2 Å². The monoisotopic (exact) mass is 324 g/mol. The van der Waals surface area contributed by atoms with E-state index in [9.17, 15) is 4.79 Å². The number of rotatable bonds is 2. The molecule has 2 aromatic carbocycles. The summed E-state index contributed by atoms with van der Waals surface area (Å²) in [5.41, 5.74) is 4.03. The van der Waals surface area contributed by atoms with Gasteiger partial charge in [-0.25, -0.2) is 4.79 Å². The van der Waals surface area contributed by atoms with Crippen LogP contribution in [0.2, 0.25) is 0 Å². The molecule has 0 saturated carbocycles. The van der Waals surface area contributed by atoms with Crippen molar-refractivity contribution in [3.8, 4) is 11.1 Å². The number of ether oxygens (including phenoxy) is 1. The van der Waals surface area contributed by atoms with Gasteiger partial charge >= 0.3 is 5.97 Å². The summed E-state index contributed by atoms with van der Waals surface area (Å²) in [6.45, 7) is 1.98. The van der Waals surface area contributed by atoms with Gasteiger partial charge in [0.1, 0.15) is 5.84 Å². The minimum Gasteiger partial charge on any atom is -0.465 e. The fourth-order valence-electron chi connectivity index (χ4n) is 2.89. The molecule has 0 spiro atoms. The zero-order valence-corrected chi connectivity index (χ0v) is 13.6. The first-order valence-electron chi connectivity index (χ1n) is 7.59. The molecule has 5 heteroatoms. The van der Waals surface area contributed by atoms with Crippen molar-refractivity contribution in [1.82, 2.24) is 4.31 Å². The van der Waals surface area contributed by atoms with Gasteiger partial charge in [0.15, 0.2) is 0 Å². The molecule has 0 bridgehead atoms. The quantitative estimate of drug-likeness (QED) is 0.625. The molecule has 4 rings (SSSR count). The minimum absolute atomic E-state index is 0.309. The fourth-order valence-corrected chi connectivity index (χ4v) is 4.03. The third kappa shape index (κ3) is 2.51. The average molecular weight is 324 g/mol. The van der Waals surface area contributed by atoms with Gasteiger partial charge in [-0.3, -0.25) is 9.30 Å². The van der Waals surface area contributed by atoms with Crippen molar-refractivity contribution in [3.05, 3.63) is 53.6 Å². The Morgan fingerprint density at radius 2 is 1.96 bits per heavy atom. The van der Waals surface area contributed by atoms with E-state index in [-0.39, 0.29) is 5.97 Å². The van der Waals surface area contributed by atoms with Gasteiger partial charge in [-0.15, -0.1) is 0 Å². The Hall–Kier alpha value is -2.27. The number of fused-ring (bicyclic) bond motifs is 3. The molecule has 0 aromatic heterocycles. The Morgan fingerprint density at radius 1 is 1.17 bits per heavy atom. The van der Waals surface area contributed by atoms with Crippen LogP contribution < -0.4 is 0 Å². The predicted octanol–water partition coefficient (Wildman–Crippen LogP) is 3.61. The normalized spacial score (nSPS) is 15.7. The minimum atomic E-state index is -0.309. The summed E-state index contributed by atoms with van der Waals surface area (Å²) in [4.78, 5) is 17.4. The second kappa shape index (κ2) is 5.74.